The average Bonchev–Trinajstić information content (AvgIpc) is 2.85. The molecule has 8 heteroatoms. The number of likely N-dealkylation sites (N-methyl/N-ethyl adjacent to an activating group) is 1. The zero-order valence-electron chi connectivity index (χ0n) is 13.5. The molecule has 0 saturated carbocycles. The van der Waals surface area contributed by atoms with Gasteiger partial charge in [0, 0.05) is 32.0 Å². The highest BCUT2D eigenvalue weighted by Gasteiger charge is 2.25. The van der Waals surface area contributed by atoms with E-state index in [9.17, 15) is 9.59 Å². The van der Waals surface area contributed by atoms with Crippen LogP contribution in [0.4, 0.5) is 0 Å². The number of aryl methyl sites for hydroxylation is 1. The molecule has 0 bridgehead atoms. The van der Waals surface area contributed by atoms with E-state index < -0.39 is 5.97 Å². The zero-order chi connectivity index (χ0) is 17.0. The minimum Gasteiger partial charge on any atom is -0.480 e. The van der Waals surface area contributed by atoms with E-state index >= 15 is 0 Å². The quantitative estimate of drug-likeness (QED) is 0.837. The second-order valence-electron chi connectivity index (χ2n) is 6.08. The lowest BCUT2D eigenvalue weighted by molar-refractivity contribution is -0.137. The lowest BCUT2D eigenvalue weighted by Gasteiger charge is -2.36. The van der Waals surface area contributed by atoms with Gasteiger partial charge in [-0.15, -0.1) is 0 Å². The average molecular weight is 343 g/mol. The Bertz CT molecular complexity index is 573. The number of carboxylic acid groups (broad SMARTS) is 1. The van der Waals surface area contributed by atoms with Crippen LogP contribution in [0.5, 0.6) is 0 Å². The van der Waals surface area contributed by atoms with Gasteiger partial charge in [-0.2, -0.15) is 0 Å². The fourth-order valence-corrected chi connectivity index (χ4v) is 3.08. The maximum Gasteiger partial charge on any atom is 0.323 e. The SMILES string of the molecule is CN(C)C1CCCN(C(=O)CCc2ncc(Cl)n2CC(=O)O)C1. The second-order valence-corrected chi connectivity index (χ2v) is 6.46. The van der Waals surface area contributed by atoms with Crippen molar-refractivity contribution in [3.63, 3.8) is 0 Å². The van der Waals surface area contributed by atoms with Gasteiger partial charge in [-0.05, 0) is 26.9 Å². The van der Waals surface area contributed by atoms with Crippen molar-refractivity contribution in [3.05, 3.63) is 17.2 Å². The molecule has 0 radical (unpaired) electrons. The number of carboxylic acids is 1. The highest BCUT2D eigenvalue weighted by atomic mass is 35.5. The Morgan fingerprint density at radius 1 is 1.48 bits per heavy atom. The molecule has 1 fully saturated rings. The van der Waals surface area contributed by atoms with Crippen molar-refractivity contribution >= 4 is 23.5 Å². The van der Waals surface area contributed by atoms with E-state index in [4.69, 9.17) is 16.7 Å². The van der Waals surface area contributed by atoms with Gasteiger partial charge in [0.25, 0.3) is 0 Å². The molecule has 23 heavy (non-hydrogen) atoms. The summed E-state index contributed by atoms with van der Waals surface area (Å²) in [5, 5.41) is 9.19. The summed E-state index contributed by atoms with van der Waals surface area (Å²) in [6.45, 7) is 1.29. The molecule has 2 heterocycles. The first-order valence-electron chi connectivity index (χ1n) is 7.74. The van der Waals surface area contributed by atoms with Gasteiger partial charge in [0.05, 0.1) is 6.20 Å². The first-order chi connectivity index (χ1) is 10.9. The maximum atomic E-state index is 12.4. The van der Waals surface area contributed by atoms with Gasteiger partial charge in [-0.25, -0.2) is 4.98 Å². The molecule has 1 amide bonds. The van der Waals surface area contributed by atoms with Crippen molar-refractivity contribution < 1.29 is 14.7 Å². The van der Waals surface area contributed by atoms with Crippen LogP contribution < -0.4 is 0 Å². The van der Waals surface area contributed by atoms with E-state index in [-0.39, 0.29) is 17.6 Å². The Hall–Kier alpha value is -1.60. The summed E-state index contributed by atoms with van der Waals surface area (Å²) in [4.78, 5) is 31.4. The minimum atomic E-state index is -0.984. The number of aromatic nitrogens is 2. The number of amides is 1. The lowest BCUT2D eigenvalue weighted by atomic mass is 10.0. The summed E-state index contributed by atoms with van der Waals surface area (Å²) < 4.78 is 1.43. The van der Waals surface area contributed by atoms with Gasteiger partial charge in [-0.1, -0.05) is 11.6 Å². The molecule has 1 aromatic rings. The van der Waals surface area contributed by atoms with Crippen LogP contribution in [-0.2, 0) is 22.6 Å². The van der Waals surface area contributed by atoms with E-state index in [2.05, 4.69) is 9.88 Å². The highest BCUT2D eigenvalue weighted by Crippen LogP contribution is 2.17. The van der Waals surface area contributed by atoms with Gasteiger partial charge in [0.15, 0.2) is 0 Å². The van der Waals surface area contributed by atoms with Gasteiger partial charge in [0.2, 0.25) is 5.91 Å². The fraction of sp³-hybridized carbons (Fsp3) is 0.667. The van der Waals surface area contributed by atoms with Crippen molar-refractivity contribution in [2.45, 2.75) is 38.3 Å². The Balaban J connectivity index is 1.93. The van der Waals surface area contributed by atoms with Crippen molar-refractivity contribution in [2.24, 2.45) is 0 Å². The number of likely N-dealkylation sites (tertiary alicyclic amines) is 1. The maximum absolute atomic E-state index is 12.4. The molecular formula is C15H23ClN4O3. The Morgan fingerprint density at radius 3 is 2.87 bits per heavy atom. The van der Waals surface area contributed by atoms with Crippen LogP contribution in [0.25, 0.3) is 0 Å². The number of hydrogen-bond acceptors (Lipinski definition) is 4. The molecule has 1 atom stereocenters. The first kappa shape index (κ1) is 17.7. The topological polar surface area (TPSA) is 78.7 Å². The number of halogens is 1. The predicted molar refractivity (Wildman–Crippen MR) is 86.5 cm³/mol. The first-order valence-corrected chi connectivity index (χ1v) is 8.12. The monoisotopic (exact) mass is 342 g/mol. The molecule has 1 aliphatic rings. The van der Waals surface area contributed by atoms with Gasteiger partial charge >= 0.3 is 5.97 Å². The number of carbonyl (C=O) groups is 2. The molecule has 2 rings (SSSR count). The van der Waals surface area contributed by atoms with Crippen LogP contribution in [0.1, 0.15) is 25.1 Å². The number of carbonyl (C=O) groups excluding carboxylic acids is 1. The van der Waals surface area contributed by atoms with Crippen molar-refractivity contribution in [2.75, 3.05) is 27.2 Å². The van der Waals surface area contributed by atoms with Crippen molar-refractivity contribution in [3.8, 4) is 0 Å². The summed E-state index contributed by atoms with van der Waals surface area (Å²) in [7, 11) is 4.06. The standard InChI is InChI=1S/C15H23ClN4O3/c1-18(2)11-4-3-7-19(9-11)14(21)6-5-13-17-8-12(16)20(13)10-15(22)23/h8,11H,3-7,9-10H2,1-2H3,(H,22,23). The van der Waals surface area contributed by atoms with Gasteiger partial charge in [-0.3, -0.25) is 9.59 Å². The third-order valence-electron chi connectivity index (χ3n) is 4.22. The fourth-order valence-electron chi connectivity index (χ4n) is 2.87. The molecule has 1 N–H and O–H groups in total. The summed E-state index contributed by atoms with van der Waals surface area (Å²) in [5.41, 5.74) is 0. The lowest BCUT2D eigenvalue weighted by Crippen LogP contribution is -2.47. The molecule has 0 aromatic carbocycles. The van der Waals surface area contributed by atoms with Crippen LogP contribution in [-0.4, -0.2) is 69.6 Å². The van der Waals surface area contributed by atoms with Gasteiger partial charge in [0.1, 0.15) is 17.5 Å². The zero-order valence-corrected chi connectivity index (χ0v) is 14.3. The minimum absolute atomic E-state index is 0.0811. The highest BCUT2D eigenvalue weighted by molar-refractivity contribution is 6.29. The second kappa shape index (κ2) is 7.79. The molecule has 0 aliphatic carbocycles. The smallest absolute Gasteiger partial charge is 0.323 e. The summed E-state index contributed by atoms with van der Waals surface area (Å²) in [6.07, 6.45) is 4.24. The number of piperidine rings is 1. The Kier molecular flexibility index (Phi) is 6.01. The van der Waals surface area contributed by atoms with Crippen LogP contribution in [0.2, 0.25) is 5.15 Å². The molecule has 1 saturated heterocycles. The number of imidazole rings is 1. The largest absolute Gasteiger partial charge is 0.480 e. The van der Waals surface area contributed by atoms with Crippen LogP contribution in [0.15, 0.2) is 6.20 Å². The normalized spacial score (nSPS) is 18.4. The third-order valence-corrected chi connectivity index (χ3v) is 4.53. The Labute approximate surface area is 140 Å². The third kappa shape index (κ3) is 4.68. The molecule has 7 nitrogen and oxygen atoms in total. The predicted octanol–water partition coefficient (Wildman–Crippen LogP) is 1.11. The van der Waals surface area contributed by atoms with Crippen LogP contribution in [0.3, 0.4) is 0 Å². The molecule has 0 spiro atoms. The van der Waals surface area contributed by atoms with Crippen LogP contribution >= 0.6 is 11.6 Å². The molecule has 1 aromatic heterocycles. The Morgan fingerprint density at radius 2 is 2.22 bits per heavy atom. The summed E-state index contributed by atoms with van der Waals surface area (Å²) in [5.74, 6) is -0.369. The van der Waals surface area contributed by atoms with E-state index in [1.165, 1.54) is 10.8 Å². The summed E-state index contributed by atoms with van der Waals surface area (Å²) in [6, 6.07) is 0.399. The van der Waals surface area contributed by atoms with Crippen LogP contribution in [0, 0.1) is 0 Å². The van der Waals surface area contributed by atoms with Crippen molar-refractivity contribution in [1.82, 2.24) is 19.4 Å². The molecular weight excluding hydrogens is 320 g/mol. The van der Waals surface area contributed by atoms with E-state index in [0.29, 0.717) is 24.7 Å². The number of rotatable bonds is 6. The van der Waals surface area contributed by atoms with E-state index in [0.717, 1.165) is 25.9 Å². The van der Waals surface area contributed by atoms with Gasteiger partial charge < -0.3 is 19.5 Å². The van der Waals surface area contributed by atoms with E-state index in [1.807, 2.05) is 19.0 Å². The molecule has 128 valence electrons. The number of hydrogen-bond donors (Lipinski definition) is 1. The number of aliphatic carboxylic acids is 1. The number of nitrogens with zero attached hydrogens (tertiary/aromatic N) is 4. The van der Waals surface area contributed by atoms with E-state index in [1.54, 1.807) is 0 Å². The molecule has 1 aliphatic heterocycles. The summed E-state index contributed by atoms with van der Waals surface area (Å²) >= 11 is 5.94. The molecule has 1 unspecified atom stereocenters. The van der Waals surface area contributed by atoms with Crippen molar-refractivity contribution in [1.29, 1.82) is 0 Å².